The first-order chi connectivity index (χ1) is 9.38. The summed E-state index contributed by atoms with van der Waals surface area (Å²) in [6, 6.07) is 8.69. The first kappa shape index (κ1) is 15.0. The molecule has 0 saturated carbocycles. The van der Waals surface area contributed by atoms with Gasteiger partial charge in [-0.3, -0.25) is 0 Å². The van der Waals surface area contributed by atoms with Crippen LogP contribution < -0.4 is 4.74 Å². The van der Waals surface area contributed by atoms with Crippen LogP contribution in [0.5, 0.6) is 17.2 Å². The largest absolute Gasteiger partial charge is 0.508 e. The van der Waals surface area contributed by atoms with E-state index in [1.54, 1.807) is 30.3 Å². The summed E-state index contributed by atoms with van der Waals surface area (Å²) < 4.78 is 5.77. The van der Waals surface area contributed by atoms with Gasteiger partial charge in [-0.05, 0) is 48.7 Å². The number of hydrogen-bond donors (Lipinski definition) is 1. The lowest BCUT2D eigenvalue weighted by Crippen LogP contribution is -1.92. The zero-order valence-electron chi connectivity index (χ0n) is 11.6. The second-order valence-corrected chi connectivity index (χ2v) is 5.85. The molecule has 0 bridgehead atoms. The Bertz CT molecular complexity index is 613. The summed E-state index contributed by atoms with van der Waals surface area (Å²) in [5.41, 5.74) is 1.79. The van der Waals surface area contributed by atoms with Crippen molar-refractivity contribution in [3.8, 4) is 17.2 Å². The third-order valence-corrected chi connectivity index (χ3v) is 3.55. The van der Waals surface area contributed by atoms with Gasteiger partial charge in [-0.2, -0.15) is 0 Å². The lowest BCUT2D eigenvalue weighted by atomic mass is 10.0. The van der Waals surface area contributed by atoms with E-state index >= 15 is 0 Å². The second kappa shape index (κ2) is 5.94. The van der Waals surface area contributed by atoms with Crippen molar-refractivity contribution in [3.05, 3.63) is 51.5 Å². The predicted octanol–water partition coefficient (Wildman–Crippen LogP) is 5.92. The molecule has 1 N–H and O–H groups in total. The van der Waals surface area contributed by atoms with Gasteiger partial charge < -0.3 is 9.84 Å². The minimum Gasteiger partial charge on any atom is -0.508 e. The highest BCUT2D eigenvalue weighted by atomic mass is 35.5. The molecule has 0 heterocycles. The highest BCUT2D eigenvalue weighted by Crippen LogP contribution is 2.39. The number of aryl methyl sites for hydroxylation is 1. The molecule has 4 heteroatoms. The van der Waals surface area contributed by atoms with Gasteiger partial charge in [0.15, 0.2) is 5.75 Å². The van der Waals surface area contributed by atoms with E-state index in [1.165, 1.54) is 0 Å². The molecule has 0 aromatic heterocycles. The number of phenolic OH excluding ortho intramolecular Hbond substituents is 1. The van der Waals surface area contributed by atoms with Crippen LogP contribution in [0.3, 0.4) is 0 Å². The van der Waals surface area contributed by atoms with Crippen LogP contribution in [0, 0.1) is 6.92 Å². The molecule has 0 spiro atoms. The molecule has 0 amide bonds. The molecule has 20 heavy (non-hydrogen) atoms. The van der Waals surface area contributed by atoms with E-state index in [0.29, 0.717) is 21.5 Å². The summed E-state index contributed by atoms with van der Waals surface area (Å²) in [6.45, 7) is 5.92. The van der Waals surface area contributed by atoms with Crippen molar-refractivity contribution in [2.45, 2.75) is 26.7 Å². The van der Waals surface area contributed by atoms with Crippen LogP contribution in [0.4, 0.5) is 0 Å². The van der Waals surface area contributed by atoms with E-state index in [9.17, 15) is 5.11 Å². The normalized spacial score (nSPS) is 10.9. The number of benzene rings is 2. The van der Waals surface area contributed by atoms with Gasteiger partial charge in [0.25, 0.3) is 0 Å². The molecule has 0 aliphatic heterocycles. The van der Waals surface area contributed by atoms with Crippen LogP contribution in [0.2, 0.25) is 10.0 Å². The van der Waals surface area contributed by atoms with Crippen molar-refractivity contribution in [1.29, 1.82) is 0 Å². The predicted molar refractivity (Wildman–Crippen MR) is 83.5 cm³/mol. The number of aromatic hydroxyl groups is 1. The lowest BCUT2D eigenvalue weighted by molar-refractivity contribution is 0.455. The van der Waals surface area contributed by atoms with E-state index in [1.807, 2.05) is 20.8 Å². The maximum Gasteiger partial charge on any atom is 0.164 e. The van der Waals surface area contributed by atoms with E-state index < -0.39 is 0 Å². The average Bonchev–Trinajstić information content (AvgIpc) is 2.35. The van der Waals surface area contributed by atoms with E-state index in [2.05, 4.69) is 0 Å². The van der Waals surface area contributed by atoms with Crippen LogP contribution in [-0.2, 0) is 0 Å². The van der Waals surface area contributed by atoms with Gasteiger partial charge in [0.1, 0.15) is 11.5 Å². The molecule has 0 saturated heterocycles. The van der Waals surface area contributed by atoms with Crippen LogP contribution in [0.25, 0.3) is 0 Å². The third-order valence-electron chi connectivity index (χ3n) is 2.98. The summed E-state index contributed by atoms with van der Waals surface area (Å²) in [5.74, 6) is 1.48. The minimum absolute atomic E-state index is 0.197. The zero-order chi connectivity index (χ0) is 14.9. The van der Waals surface area contributed by atoms with Crippen LogP contribution in [0.1, 0.15) is 30.9 Å². The molecule has 0 fully saturated rings. The highest BCUT2D eigenvalue weighted by Gasteiger charge is 2.12. The summed E-state index contributed by atoms with van der Waals surface area (Å²) in [6.07, 6.45) is 0. The van der Waals surface area contributed by atoms with Crippen LogP contribution in [0.15, 0.2) is 30.3 Å². The molecule has 2 aromatic rings. The fraction of sp³-hybridized carbons (Fsp3) is 0.250. The van der Waals surface area contributed by atoms with Gasteiger partial charge >= 0.3 is 0 Å². The fourth-order valence-electron chi connectivity index (χ4n) is 1.96. The standard InChI is InChI=1S/C16H16Cl2O2/c1-9(2)12-8-11(4-5-15(12)19)20-16-13(17)6-10(3)7-14(16)18/h4-9,19H,1-3H3. The third kappa shape index (κ3) is 3.20. The average molecular weight is 311 g/mol. The minimum atomic E-state index is 0.197. The van der Waals surface area contributed by atoms with E-state index in [0.717, 1.165) is 11.1 Å². The molecule has 2 aromatic carbocycles. The topological polar surface area (TPSA) is 29.5 Å². The molecule has 0 unspecified atom stereocenters. The number of phenols is 1. The summed E-state index contributed by atoms with van der Waals surface area (Å²) in [7, 11) is 0. The monoisotopic (exact) mass is 310 g/mol. The molecule has 0 aliphatic carbocycles. The van der Waals surface area contributed by atoms with Crippen molar-refractivity contribution in [1.82, 2.24) is 0 Å². The Labute approximate surface area is 128 Å². The van der Waals surface area contributed by atoms with Gasteiger partial charge in [-0.15, -0.1) is 0 Å². The van der Waals surface area contributed by atoms with Crippen molar-refractivity contribution < 1.29 is 9.84 Å². The van der Waals surface area contributed by atoms with Crippen molar-refractivity contribution in [3.63, 3.8) is 0 Å². The van der Waals surface area contributed by atoms with Gasteiger partial charge in [-0.1, -0.05) is 37.0 Å². The molecule has 106 valence electrons. The van der Waals surface area contributed by atoms with Crippen LogP contribution in [-0.4, -0.2) is 5.11 Å². The Morgan fingerprint density at radius 3 is 2.20 bits per heavy atom. The van der Waals surface area contributed by atoms with Crippen LogP contribution >= 0.6 is 23.2 Å². The summed E-state index contributed by atoms with van der Waals surface area (Å²) >= 11 is 12.3. The quantitative estimate of drug-likeness (QED) is 0.762. The number of ether oxygens (including phenoxy) is 1. The molecule has 0 atom stereocenters. The van der Waals surface area contributed by atoms with Gasteiger partial charge in [0, 0.05) is 5.56 Å². The van der Waals surface area contributed by atoms with Gasteiger partial charge in [0.2, 0.25) is 0 Å². The lowest BCUT2D eigenvalue weighted by Gasteiger charge is -2.13. The Morgan fingerprint density at radius 2 is 1.65 bits per heavy atom. The van der Waals surface area contributed by atoms with Crippen molar-refractivity contribution in [2.24, 2.45) is 0 Å². The molecular weight excluding hydrogens is 295 g/mol. The van der Waals surface area contributed by atoms with Crippen molar-refractivity contribution in [2.75, 3.05) is 0 Å². The Kier molecular flexibility index (Phi) is 4.46. The Balaban J connectivity index is 2.38. The molecule has 0 radical (unpaired) electrons. The number of hydrogen-bond acceptors (Lipinski definition) is 2. The molecule has 2 rings (SSSR count). The van der Waals surface area contributed by atoms with Crippen molar-refractivity contribution >= 4 is 23.2 Å². The maximum atomic E-state index is 9.81. The maximum absolute atomic E-state index is 9.81. The second-order valence-electron chi connectivity index (χ2n) is 5.04. The fourth-order valence-corrected chi connectivity index (χ4v) is 2.63. The van der Waals surface area contributed by atoms with Gasteiger partial charge in [0.05, 0.1) is 10.0 Å². The SMILES string of the molecule is Cc1cc(Cl)c(Oc2ccc(O)c(C(C)C)c2)c(Cl)c1. The first-order valence-electron chi connectivity index (χ1n) is 6.35. The van der Waals surface area contributed by atoms with E-state index in [4.69, 9.17) is 27.9 Å². The Morgan fingerprint density at radius 1 is 1.05 bits per heavy atom. The first-order valence-corrected chi connectivity index (χ1v) is 7.10. The number of halogens is 2. The van der Waals surface area contributed by atoms with E-state index in [-0.39, 0.29) is 11.7 Å². The zero-order valence-corrected chi connectivity index (χ0v) is 13.1. The van der Waals surface area contributed by atoms with Gasteiger partial charge in [-0.25, -0.2) is 0 Å². The molecule has 0 aliphatic rings. The summed E-state index contributed by atoms with van der Waals surface area (Å²) in [5, 5.41) is 10.7. The Hall–Kier alpha value is -1.38. The highest BCUT2D eigenvalue weighted by molar-refractivity contribution is 6.37. The number of rotatable bonds is 3. The molecular formula is C16H16Cl2O2. The smallest absolute Gasteiger partial charge is 0.164 e. The molecule has 2 nitrogen and oxygen atoms in total. The summed E-state index contributed by atoms with van der Waals surface area (Å²) in [4.78, 5) is 0.